The molecule has 2 aromatic rings. The fraction of sp³-hybridized carbons (Fsp3) is 0.333. The summed E-state index contributed by atoms with van der Waals surface area (Å²) in [7, 11) is 5.92. The number of amides is 2. The van der Waals surface area contributed by atoms with Crippen molar-refractivity contribution in [1.82, 2.24) is 15.3 Å². The highest BCUT2D eigenvalue weighted by Crippen LogP contribution is 2.38. The van der Waals surface area contributed by atoms with Crippen LogP contribution in [0.4, 0.5) is 11.8 Å². The Bertz CT molecular complexity index is 906. The zero-order valence-electron chi connectivity index (χ0n) is 16.0. The van der Waals surface area contributed by atoms with Crippen LogP contribution >= 0.6 is 0 Å². The van der Waals surface area contributed by atoms with Gasteiger partial charge < -0.3 is 24.8 Å². The highest BCUT2D eigenvalue weighted by atomic mass is 16.5. The number of methoxy groups -OCH3 is 3. The summed E-state index contributed by atoms with van der Waals surface area (Å²) in [6.45, 7) is 0.651. The number of aromatic nitrogens is 2. The average Bonchev–Trinajstić information content (AvgIpc) is 3.19. The summed E-state index contributed by atoms with van der Waals surface area (Å²) >= 11 is 0. The molecule has 0 fully saturated rings. The normalized spacial score (nSPS) is 11.9. The van der Waals surface area contributed by atoms with Crippen LogP contribution in [0.2, 0.25) is 0 Å². The molecule has 1 aromatic heterocycles. The van der Waals surface area contributed by atoms with Gasteiger partial charge in [0.2, 0.25) is 11.7 Å². The average molecular weight is 387 g/mol. The van der Waals surface area contributed by atoms with E-state index in [0.717, 1.165) is 5.56 Å². The van der Waals surface area contributed by atoms with Gasteiger partial charge in [-0.15, -0.1) is 0 Å². The maximum Gasteiger partial charge on any atom is 0.270 e. The lowest BCUT2D eigenvalue weighted by Gasteiger charge is -2.14. The smallest absolute Gasteiger partial charge is 0.270 e. The maximum absolute atomic E-state index is 12.7. The molecule has 1 aromatic carbocycles. The van der Waals surface area contributed by atoms with Gasteiger partial charge >= 0.3 is 0 Å². The second-order valence-corrected chi connectivity index (χ2v) is 5.85. The molecule has 0 saturated heterocycles. The monoisotopic (exact) mass is 387 g/mol. The molecule has 10 nitrogen and oxygen atoms in total. The largest absolute Gasteiger partial charge is 0.493 e. The van der Waals surface area contributed by atoms with Crippen LogP contribution in [-0.4, -0.2) is 56.7 Å². The summed E-state index contributed by atoms with van der Waals surface area (Å²) in [5, 5.41) is 8.25. The molecule has 1 aliphatic heterocycles. The summed E-state index contributed by atoms with van der Waals surface area (Å²) in [4.78, 5) is 33.4. The number of ether oxygens (including phenoxy) is 3. The number of hydrogen-bond acceptors (Lipinski definition) is 8. The van der Waals surface area contributed by atoms with Crippen molar-refractivity contribution in [2.45, 2.75) is 6.42 Å². The topological polar surface area (TPSA) is 124 Å². The number of nitrogens with one attached hydrogen (secondary N) is 3. The summed E-state index contributed by atoms with van der Waals surface area (Å²) in [5.74, 6) is 0.788. The third-order valence-electron chi connectivity index (χ3n) is 4.27. The van der Waals surface area contributed by atoms with Gasteiger partial charge in [0, 0.05) is 24.7 Å². The number of hydrogen-bond donors (Lipinski definition) is 3. The molecule has 2 amide bonds. The van der Waals surface area contributed by atoms with Crippen molar-refractivity contribution in [2.24, 2.45) is 0 Å². The van der Waals surface area contributed by atoms with Crippen molar-refractivity contribution in [3.63, 3.8) is 0 Å². The van der Waals surface area contributed by atoms with Gasteiger partial charge in [-0.05, 0) is 18.6 Å². The molecule has 1 aliphatic rings. The molecule has 0 unspecified atom stereocenters. The van der Waals surface area contributed by atoms with Crippen molar-refractivity contribution < 1.29 is 23.8 Å². The summed E-state index contributed by atoms with van der Waals surface area (Å²) in [5.41, 5.74) is 1.22. The number of fused-ring (bicyclic) bond motifs is 1. The van der Waals surface area contributed by atoms with E-state index in [4.69, 9.17) is 14.2 Å². The Kier molecular flexibility index (Phi) is 5.48. The first-order valence-electron chi connectivity index (χ1n) is 8.50. The second kappa shape index (κ2) is 7.99. The van der Waals surface area contributed by atoms with Gasteiger partial charge in [-0.2, -0.15) is 4.98 Å². The van der Waals surface area contributed by atoms with E-state index in [-0.39, 0.29) is 23.1 Å². The molecule has 3 N–H and O–H groups in total. The quantitative estimate of drug-likeness (QED) is 0.673. The van der Waals surface area contributed by atoms with Crippen LogP contribution in [0.1, 0.15) is 26.4 Å². The minimum Gasteiger partial charge on any atom is -0.493 e. The molecule has 0 aliphatic carbocycles. The first kappa shape index (κ1) is 19.2. The van der Waals surface area contributed by atoms with E-state index in [1.165, 1.54) is 40.5 Å². The molecule has 0 bridgehead atoms. The SMILES string of the molecule is CNC(=O)c1nc(NC(=O)c2cc(OC)c(OC)c(OC)c2)nc2c1CCN2. The number of carbonyl (C=O) groups excluding carboxylic acids is 2. The number of benzene rings is 1. The van der Waals surface area contributed by atoms with Crippen LogP contribution in [0.15, 0.2) is 12.1 Å². The third kappa shape index (κ3) is 3.48. The first-order valence-corrected chi connectivity index (χ1v) is 8.50. The van der Waals surface area contributed by atoms with Crippen molar-refractivity contribution in [3.05, 3.63) is 29.0 Å². The van der Waals surface area contributed by atoms with Crippen LogP contribution in [0, 0.1) is 0 Å². The third-order valence-corrected chi connectivity index (χ3v) is 4.27. The van der Waals surface area contributed by atoms with Crippen molar-refractivity contribution in [2.75, 3.05) is 45.6 Å². The lowest BCUT2D eigenvalue weighted by Crippen LogP contribution is -2.23. The first-order chi connectivity index (χ1) is 13.5. The molecular weight excluding hydrogens is 366 g/mol. The maximum atomic E-state index is 12.7. The fourth-order valence-corrected chi connectivity index (χ4v) is 2.92. The fourth-order valence-electron chi connectivity index (χ4n) is 2.92. The highest BCUT2D eigenvalue weighted by molar-refractivity contribution is 6.04. The molecule has 10 heteroatoms. The van der Waals surface area contributed by atoms with Crippen molar-refractivity contribution >= 4 is 23.6 Å². The van der Waals surface area contributed by atoms with Crippen LogP contribution in [0.5, 0.6) is 17.2 Å². The van der Waals surface area contributed by atoms with E-state index in [9.17, 15) is 9.59 Å². The van der Waals surface area contributed by atoms with E-state index in [0.29, 0.717) is 36.0 Å². The van der Waals surface area contributed by atoms with Crippen molar-refractivity contribution in [3.8, 4) is 17.2 Å². The molecule has 0 radical (unpaired) electrons. The lowest BCUT2D eigenvalue weighted by molar-refractivity contribution is 0.0955. The molecule has 0 saturated carbocycles. The lowest BCUT2D eigenvalue weighted by atomic mass is 10.1. The molecule has 0 spiro atoms. The molecule has 28 heavy (non-hydrogen) atoms. The van der Waals surface area contributed by atoms with E-state index in [1.54, 1.807) is 0 Å². The standard InChI is InChI=1S/C18H21N5O5/c1-19-17(25)13-10-5-6-20-15(10)22-18(21-13)23-16(24)9-7-11(26-2)14(28-4)12(8-9)27-3/h7-8H,5-6H2,1-4H3,(H,19,25)(H2,20,21,22,23,24). The van der Waals surface area contributed by atoms with Gasteiger partial charge in [0.05, 0.1) is 21.3 Å². The highest BCUT2D eigenvalue weighted by Gasteiger charge is 2.24. The summed E-state index contributed by atoms with van der Waals surface area (Å²) < 4.78 is 15.8. The molecule has 2 heterocycles. The Morgan fingerprint density at radius 3 is 2.29 bits per heavy atom. The van der Waals surface area contributed by atoms with Crippen LogP contribution in [-0.2, 0) is 6.42 Å². The molecule has 3 rings (SSSR count). The second-order valence-electron chi connectivity index (χ2n) is 5.85. The van der Waals surface area contributed by atoms with Gasteiger partial charge in [-0.3, -0.25) is 14.9 Å². The Hall–Kier alpha value is -3.56. The van der Waals surface area contributed by atoms with Gasteiger partial charge in [-0.25, -0.2) is 4.98 Å². The minimum absolute atomic E-state index is 0.0190. The van der Waals surface area contributed by atoms with Crippen molar-refractivity contribution in [1.29, 1.82) is 0 Å². The Labute approximate surface area is 161 Å². The van der Waals surface area contributed by atoms with Gasteiger partial charge in [-0.1, -0.05) is 0 Å². The zero-order valence-corrected chi connectivity index (χ0v) is 16.0. The van der Waals surface area contributed by atoms with Crippen LogP contribution < -0.4 is 30.2 Å². The molecular formula is C18H21N5O5. The number of anilines is 2. The minimum atomic E-state index is -0.486. The van der Waals surface area contributed by atoms with E-state index in [2.05, 4.69) is 25.9 Å². The number of nitrogens with zero attached hydrogens (tertiary/aromatic N) is 2. The Morgan fingerprint density at radius 1 is 1.04 bits per heavy atom. The Balaban J connectivity index is 1.95. The van der Waals surface area contributed by atoms with Crippen LogP contribution in [0.25, 0.3) is 0 Å². The molecule has 0 atom stereocenters. The van der Waals surface area contributed by atoms with E-state index < -0.39 is 5.91 Å². The molecule has 148 valence electrons. The van der Waals surface area contributed by atoms with E-state index in [1.807, 2.05) is 0 Å². The Morgan fingerprint density at radius 2 is 1.71 bits per heavy atom. The van der Waals surface area contributed by atoms with E-state index >= 15 is 0 Å². The predicted molar refractivity (Wildman–Crippen MR) is 102 cm³/mol. The summed E-state index contributed by atoms with van der Waals surface area (Å²) in [6.07, 6.45) is 0.638. The summed E-state index contributed by atoms with van der Waals surface area (Å²) in [6, 6.07) is 3.03. The van der Waals surface area contributed by atoms with Crippen LogP contribution in [0.3, 0.4) is 0 Å². The zero-order chi connectivity index (χ0) is 20.3. The van der Waals surface area contributed by atoms with Gasteiger partial charge in [0.15, 0.2) is 11.5 Å². The number of rotatable bonds is 6. The predicted octanol–water partition coefficient (Wildman–Crippen LogP) is 1.08. The number of carbonyl (C=O) groups is 2. The van der Waals surface area contributed by atoms with Gasteiger partial charge in [0.25, 0.3) is 11.8 Å². The van der Waals surface area contributed by atoms with Gasteiger partial charge in [0.1, 0.15) is 11.5 Å².